The molecule has 0 nitrogen and oxygen atoms in total. The van der Waals surface area contributed by atoms with Crippen LogP contribution in [0.5, 0.6) is 0 Å². The topological polar surface area (TPSA) is 0 Å². The standard InChI is InChI=1S/C33H53P/c1-24(10-11-25-7-3-2-4-8-25)31-18-14-26-13-17-29-22-27(12-16-28(31)21-26)15-19-32(29)33-23-30-9-5-6-20-34(30)33/h6,12,20,24-26,28-33H,2-5,7-11,13-19,21-23H2,1H3/b27-12-. The maximum Gasteiger partial charge on any atom is -0.0135 e. The lowest BCUT2D eigenvalue weighted by molar-refractivity contribution is 0.106. The molecule has 0 radical (unpaired) electrons. The molecule has 2 heterocycles. The highest BCUT2D eigenvalue weighted by Crippen LogP contribution is 2.68. The van der Waals surface area contributed by atoms with Crippen LogP contribution >= 0.6 is 7.92 Å². The van der Waals surface area contributed by atoms with Gasteiger partial charge in [-0.2, -0.15) is 0 Å². The average molecular weight is 481 g/mol. The van der Waals surface area contributed by atoms with Gasteiger partial charge in [-0.15, -0.1) is 0 Å². The lowest BCUT2D eigenvalue weighted by Crippen LogP contribution is -2.41. The molecule has 0 spiro atoms. The minimum Gasteiger partial charge on any atom is -0.0850 e. The molecule has 0 amide bonds. The summed E-state index contributed by atoms with van der Waals surface area (Å²) in [5.74, 6) is 9.95. The second kappa shape index (κ2) is 11.1. The van der Waals surface area contributed by atoms with Crippen LogP contribution in [0.1, 0.15) is 129 Å². The van der Waals surface area contributed by atoms with Crippen LogP contribution in [0, 0.1) is 41.4 Å². The van der Waals surface area contributed by atoms with Gasteiger partial charge in [0.05, 0.1) is 0 Å². The Bertz CT molecular complexity index is 729. The van der Waals surface area contributed by atoms with E-state index in [-0.39, 0.29) is 7.92 Å². The van der Waals surface area contributed by atoms with Crippen molar-refractivity contribution in [3.8, 4) is 0 Å². The minimum absolute atomic E-state index is 0.259. The first-order valence-electron chi connectivity index (χ1n) is 15.9. The summed E-state index contributed by atoms with van der Waals surface area (Å²) in [4.78, 5) is 0. The summed E-state index contributed by atoms with van der Waals surface area (Å²) in [6.07, 6.45) is 34.3. The molecule has 6 rings (SSSR count). The molecular formula is C33H53P. The molecule has 34 heavy (non-hydrogen) atoms. The van der Waals surface area contributed by atoms with E-state index in [0.717, 1.165) is 52.7 Å². The second-order valence-corrected chi connectivity index (χ2v) is 16.5. The molecule has 0 N–H and O–H groups in total. The van der Waals surface area contributed by atoms with Crippen molar-refractivity contribution in [3.63, 3.8) is 0 Å². The van der Waals surface area contributed by atoms with E-state index in [1.165, 1.54) is 83.5 Å². The maximum absolute atomic E-state index is 2.82. The summed E-state index contributed by atoms with van der Waals surface area (Å²) in [6, 6.07) is 0. The Morgan fingerprint density at radius 3 is 2.68 bits per heavy atom. The highest BCUT2D eigenvalue weighted by molar-refractivity contribution is 7.64. The van der Waals surface area contributed by atoms with E-state index < -0.39 is 0 Å². The molecule has 4 aliphatic carbocycles. The molecule has 1 saturated heterocycles. The third-order valence-corrected chi connectivity index (χ3v) is 15.2. The molecule has 1 heteroatoms. The van der Waals surface area contributed by atoms with Crippen molar-refractivity contribution in [3.05, 3.63) is 23.5 Å². The Labute approximate surface area is 213 Å². The first kappa shape index (κ1) is 24.3. The van der Waals surface area contributed by atoms with Gasteiger partial charge in [-0.1, -0.05) is 96.2 Å². The van der Waals surface area contributed by atoms with E-state index in [9.17, 15) is 0 Å². The molecule has 4 fully saturated rings. The lowest BCUT2D eigenvalue weighted by atomic mass is 9.63. The van der Waals surface area contributed by atoms with Gasteiger partial charge in [0.25, 0.3) is 0 Å². The van der Waals surface area contributed by atoms with E-state index in [1.807, 2.05) is 5.57 Å². The van der Waals surface area contributed by atoms with Gasteiger partial charge in [-0.05, 0) is 117 Å². The van der Waals surface area contributed by atoms with Gasteiger partial charge >= 0.3 is 0 Å². The minimum atomic E-state index is 0.259. The second-order valence-electron chi connectivity index (χ2n) is 13.9. The number of fused-ring (bicyclic) bond motifs is 5. The van der Waals surface area contributed by atoms with Crippen molar-refractivity contribution in [1.29, 1.82) is 0 Å². The van der Waals surface area contributed by atoms with Gasteiger partial charge in [-0.25, -0.2) is 0 Å². The molecule has 0 aromatic rings. The molecule has 190 valence electrons. The zero-order chi connectivity index (χ0) is 22.9. The van der Waals surface area contributed by atoms with Gasteiger partial charge in [0, 0.05) is 0 Å². The van der Waals surface area contributed by atoms with E-state index >= 15 is 0 Å². The largest absolute Gasteiger partial charge is 0.0850 e. The molecule has 9 atom stereocenters. The smallest absolute Gasteiger partial charge is 0.0135 e. The summed E-state index contributed by atoms with van der Waals surface area (Å²) < 4.78 is 0. The third kappa shape index (κ3) is 5.29. The number of allylic oxidation sites excluding steroid dienone is 3. The molecule has 0 aromatic carbocycles. The molecule has 6 aliphatic rings. The van der Waals surface area contributed by atoms with Crippen molar-refractivity contribution in [1.82, 2.24) is 0 Å². The van der Waals surface area contributed by atoms with Crippen molar-refractivity contribution in [2.45, 2.75) is 140 Å². The predicted octanol–water partition coefficient (Wildman–Crippen LogP) is 10.5. The predicted molar refractivity (Wildman–Crippen MR) is 150 cm³/mol. The SMILES string of the molecule is CC(CCC1CCCCC1)C1CCC2CCC3C/C(=C\CC1C2)CCC3C1CC2CCC=CP21. The zero-order valence-corrected chi connectivity index (χ0v) is 23.2. The van der Waals surface area contributed by atoms with Crippen LogP contribution in [-0.4, -0.2) is 11.3 Å². The lowest BCUT2D eigenvalue weighted by Gasteiger charge is -2.53. The highest BCUT2D eigenvalue weighted by atomic mass is 31.1. The van der Waals surface area contributed by atoms with Crippen molar-refractivity contribution >= 4 is 7.92 Å². The van der Waals surface area contributed by atoms with E-state index in [0.29, 0.717) is 0 Å². The van der Waals surface area contributed by atoms with E-state index in [4.69, 9.17) is 0 Å². The molecule has 4 bridgehead atoms. The summed E-state index contributed by atoms with van der Waals surface area (Å²) in [7, 11) is 0.259. The van der Waals surface area contributed by atoms with Crippen molar-refractivity contribution in [2.24, 2.45) is 41.4 Å². The summed E-state index contributed by atoms with van der Waals surface area (Å²) >= 11 is 0. The summed E-state index contributed by atoms with van der Waals surface area (Å²) in [5.41, 5.74) is 4.12. The van der Waals surface area contributed by atoms with E-state index in [2.05, 4.69) is 24.9 Å². The van der Waals surface area contributed by atoms with Crippen LogP contribution in [0.2, 0.25) is 0 Å². The monoisotopic (exact) mass is 480 g/mol. The van der Waals surface area contributed by atoms with Crippen molar-refractivity contribution < 1.29 is 0 Å². The van der Waals surface area contributed by atoms with Gasteiger partial charge in [0.2, 0.25) is 0 Å². The summed E-state index contributed by atoms with van der Waals surface area (Å²) in [6.45, 7) is 2.65. The number of hydrogen-bond acceptors (Lipinski definition) is 0. The molecule has 9 unspecified atom stereocenters. The fraction of sp³-hybridized carbons (Fsp3) is 0.879. The first-order valence-corrected chi connectivity index (χ1v) is 17.4. The highest BCUT2D eigenvalue weighted by Gasteiger charge is 2.47. The van der Waals surface area contributed by atoms with Crippen LogP contribution in [0.25, 0.3) is 0 Å². The van der Waals surface area contributed by atoms with Crippen LogP contribution in [0.15, 0.2) is 23.5 Å². The Hall–Kier alpha value is -0.0900. The Morgan fingerprint density at radius 1 is 0.912 bits per heavy atom. The molecule has 0 aromatic heterocycles. The Kier molecular flexibility index (Phi) is 7.93. The fourth-order valence-electron chi connectivity index (χ4n) is 9.84. The van der Waals surface area contributed by atoms with Gasteiger partial charge < -0.3 is 0 Å². The maximum atomic E-state index is 2.82. The van der Waals surface area contributed by atoms with Gasteiger partial charge in [0.15, 0.2) is 0 Å². The van der Waals surface area contributed by atoms with Crippen LogP contribution in [0.3, 0.4) is 0 Å². The molecular weight excluding hydrogens is 427 g/mol. The van der Waals surface area contributed by atoms with Gasteiger partial charge in [0.1, 0.15) is 0 Å². The Balaban J connectivity index is 1.08. The fourth-order valence-corrected chi connectivity index (χ4v) is 13.1. The zero-order valence-electron chi connectivity index (χ0n) is 22.3. The van der Waals surface area contributed by atoms with Gasteiger partial charge in [-0.3, -0.25) is 0 Å². The van der Waals surface area contributed by atoms with Crippen molar-refractivity contribution in [2.75, 3.05) is 0 Å². The van der Waals surface area contributed by atoms with E-state index in [1.54, 1.807) is 38.5 Å². The third-order valence-electron chi connectivity index (χ3n) is 12.0. The molecule has 2 aliphatic heterocycles. The molecule has 3 saturated carbocycles. The quantitative estimate of drug-likeness (QED) is 0.271. The number of hydrogen-bond donors (Lipinski definition) is 0. The summed E-state index contributed by atoms with van der Waals surface area (Å²) in [5, 5.41) is 0. The van der Waals surface area contributed by atoms with Crippen LogP contribution in [-0.2, 0) is 0 Å². The average Bonchev–Trinajstić information content (AvgIpc) is 2.86. The normalized spacial score (nSPS) is 45.4. The van der Waals surface area contributed by atoms with Crippen LogP contribution < -0.4 is 0 Å². The number of rotatable bonds is 5. The van der Waals surface area contributed by atoms with Crippen LogP contribution in [0.4, 0.5) is 0 Å². The Morgan fingerprint density at radius 2 is 1.79 bits per heavy atom. The first-order chi connectivity index (χ1) is 16.7.